The summed E-state index contributed by atoms with van der Waals surface area (Å²) < 4.78 is 2.07. The maximum absolute atomic E-state index is 13.9. The van der Waals surface area contributed by atoms with Crippen LogP contribution in [0.2, 0.25) is 0 Å². The van der Waals surface area contributed by atoms with Gasteiger partial charge in [-0.1, -0.05) is 6.07 Å². The quantitative estimate of drug-likeness (QED) is 0.206. The number of anilines is 1. The molecule has 5 rings (SSSR count). The number of imidazole rings is 1. The number of nitrogens with zero attached hydrogens (tertiary/aromatic N) is 4. The number of rotatable bonds is 11. The number of carboxylic acids is 1. The normalized spacial score (nSPS) is 17.6. The van der Waals surface area contributed by atoms with Gasteiger partial charge >= 0.3 is 5.97 Å². The lowest BCUT2D eigenvalue weighted by atomic mass is 9.93. The lowest BCUT2D eigenvalue weighted by Crippen LogP contribution is -2.46. The monoisotopic (exact) mass is 567 g/mol. The van der Waals surface area contributed by atoms with Gasteiger partial charge in [-0.3, -0.25) is 15.0 Å². The van der Waals surface area contributed by atoms with Crippen molar-refractivity contribution in [3.8, 4) is 0 Å². The number of carboxylic acid groups (broad SMARTS) is 1. The molecule has 2 aromatic carbocycles. The van der Waals surface area contributed by atoms with Gasteiger partial charge in [0.2, 0.25) is 5.91 Å². The van der Waals surface area contributed by atoms with Crippen LogP contribution in [0.5, 0.6) is 0 Å². The number of aryl methyl sites for hydroxylation is 1. The van der Waals surface area contributed by atoms with Gasteiger partial charge in [-0.15, -0.1) is 12.4 Å². The highest BCUT2D eigenvalue weighted by molar-refractivity contribution is 5.95. The Morgan fingerprint density at radius 2 is 1.95 bits per heavy atom. The molecule has 40 heavy (non-hydrogen) atoms. The predicted molar refractivity (Wildman–Crippen MR) is 158 cm³/mol. The maximum Gasteiger partial charge on any atom is 0.304 e. The van der Waals surface area contributed by atoms with Crippen LogP contribution in [0.15, 0.2) is 42.5 Å². The molecule has 2 fully saturated rings. The van der Waals surface area contributed by atoms with Crippen LogP contribution in [0.4, 0.5) is 5.69 Å². The van der Waals surface area contributed by atoms with E-state index >= 15 is 0 Å². The van der Waals surface area contributed by atoms with E-state index in [1.807, 2.05) is 48.2 Å². The summed E-state index contributed by atoms with van der Waals surface area (Å²) in [5.74, 6) is 0.328. The number of nitrogens with one attached hydrogen (secondary N) is 2. The van der Waals surface area contributed by atoms with E-state index in [0.29, 0.717) is 25.2 Å². The van der Waals surface area contributed by atoms with Crippen LogP contribution in [0.3, 0.4) is 0 Å². The van der Waals surface area contributed by atoms with Gasteiger partial charge < -0.3 is 30.5 Å². The molecule has 0 bridgehead atoms. The molecule has 1 amide bonds. The Hall–Kier alpha value is -3.63. The van der Waals surface area contributed by atoms with E-state index < -0.39 is 11.4 Å². The van der Waals surface area contributed by atoms with Crippen molar-refractivity contribution < 1.29 is 14.7 Å². The van der Waals surface area contributed by atoms with E-state index in [1.165, 1.54) is 0 Å². The van der Waals surface area contributed by atoms with E-state index in [9.17, 15) is 9.59 Å². The summed E-state index contributed by atoms with van der Waals surface area (Å²) in [5.41, 5.74) is 9.60. The second-order valence-corrected chi connectivity index (χ2v) is 10.9. The summed E-state index contributed by atoms with van der Waals surface area (Å²) in [6, 6.07) is 13.8. The number of amides is 1. The zero-order valence-electron chi connectivity index (χ0n) is 23.0. The van der Waals surface area contributed by atoms with Crippen LogP contribution in [-0.2, 0) is 28.6 Å². The minimum absolute atomic E-state index is 0. The Balaban J connectivity index is 0.00000370. The predicted octanol–water partition coefficient (Wildman–Crippen LogP) is 3.32. The summed E-state index contributed by atoms with van der Waals surface area (Å²) in [6.45, 7) is 2.47. The number of nitrogen functional groups attached to an aromatic ring is 1. The van der Waals surface area contributed by atoms with Crippen molar-refractivity contribution in [3.63, 3.8) is 0 Å². The molecule has 1 aromatic heterocycles. The molecule has 5 N–H and O–H groups in total. The lowest BCUT2D eigenvalue weighted by molar-refractivity contribution is -0.138. The first kappa shape index (κ1) is 29.4. The van der Waals surface area contributed by atoms with Crippen molar-refractivity contribution in [2.75, 3.05) is 32.0 Å². The molecule has 0 radical (unpaired) electrons. The fourth-order valence-corrected chi connectivity index (χ4v) is 5.71. The first-order valence-corrected chi connectivity index (χ1v) is 13.5. The molecule has 0 spiro atoms. The molecule has 1 unspecified atom stereocenters. The fraction of sp³-hybridized carbons (Fsp3) is 0.448. The third-order valence-electron chi connectivity index (χ3n) is 8.20. The largest absolute Gasteiger partial charge is 0.481 e. The van der Waals surface area contributed by atoms with Crippen LogP contribution < -0.4 is 11.1 Å². The number of halogens is 1. The molecule has 3 aromatic rings. The number of carbonyl (C=O) groups excluding carboxylic acids is 1. The van der Waals surface area contributed by atoms with Crippen molar-refractivity contribution in [3.05, 3.63) is 59.4 Å². The molecule has 11 heteroatoms. The first-order valence-electron chi connectivity index (χ1n) is 13.5. The fourth-order valence-electron chi connectivity index (χ4n) is 5.71. The molecule has 2 aliphatic rings. The van der Waals surface area contributed by atoms with Crippen LogP contribution in [0.1, 0.15) is 49.1 Å². The highest BCUT2D eigenvalue weighted by atomic mass is 35.5. The third-order valence-corrected chi connectivity index (χ3v) is 8.20. The van der Waals surface area contributed by atoms with Gasteiger partial charge in [0.1, 0.15) is 11.7 Å². The van der Waals surface area contributed by atoms with Crippen LogP contribution in [-0.4, -0.2) is 74.9 Å². The van der Waals surface area contributed by atoms with Gasteiger partial charge in [0.05, 0.1) is 29.4 Å². The Bertz CT molecular complexity index is 1400. The van der Waals surface area contributed by atoms with E-state index in [-0.39, 0.29) is 36.6 Å². The number of likely N-dealkylation sites (tertiary alicyclic amines) is 1. The number of hydrogen-bond donors (Lipinski definition) is 4. The zero-order valence-corrected chi connectivity index (χ0v) is 23.8. The minimum Gasteiger partial charge on any atom is -0.481 e. The van der Waals surface area contributed by atoms with Crippen molar-refractivity contribution in [1.82, 2.24) is 19.4 Å². The average Bonchev–Trinajstić information content (AvgIpc) is 3.51. The number of aliphatic carboxylic acids is 1. The number of nitrogens with two attached hydrogens (primary N) is 1. The topological polar surface area (TPSA) is 141 Å². The van der Waals surface area contributed by atoms with Crippen LogP contribution in [0.25, 0.3) is 11.0 Å². The van der Waals surface area contributed by atoms with Crippen LogP contribution >= 0.6 is 12.4 Å². The van der Waals surface area contributed by atoms with Crippen molar-refractivity contribution in [2.45, 2.75) is 50.1 Å². The summed E-state index contributed by atoms with van der Waals surface area (Å²) in [4.78, 5) is 33.8. The summed E-state index contributed by atoms with van der Waals surface area (Å²) in [7, 11) is 3.93. The molecular weight excluding hydrogens is 530 g/mol. The summed E-state index contributed by atoms with van der Waals surface area (Å²) in [6.07, 6.45) is 3.72. The smallest absolute Gasteiger partial charge is 0.304 e. The Morgan fingerprint density at radius 1 is 1.23 bits per heavy atom. The van der Waals surface area contributed by atoms with E-state index in [0.717, 1.165) is 60.3 Å². The molecule has 1 aliphatic carbocycles. The Morgan fingerprint density at radius 3 is 2.60 bits per heavy atom. The minimum atomic E-state index is -0.801. The number of fused-ring (bicyclic) bond motifs is 1. The number of likely N-dealkylation sites (N-methyl/N-ethyl adjacent to an activating group) is 1. The molecule has 10 nitrogen and oxygen atoms in total. The standard InChI is InChI=1S/C29H37N7O3.ClH/c1-34(15-11-26(37)38)18-22-4-3-14-36(22)28(39)29(12-13-29)20-7-10-24-23(16-20)33-25(35(24)2)17-32-21-8-5-19(6-9-21)27(30)31;/h5-10,16,22,32H,3-4,11-15,17-18H2,1-2H3,(H3,30,31)(H,37,38);1H. The van der Waals surface area contributed by atoms with Gasteiger partial charge in [0.25, 0.3) is 0 Å². The highest BCUT2D eigenvalue weighted by Crippen LogP contribution is 2.51. The zero-order chi connectivity index (χ0) is 27.7. The molecular formula is C29H38ClN7O3. The Labute approximate surface area is 240 Å². The van der Waals surface area contributed by atoms with Crippen molar-refractivity contribution in [1.29, 1.82) is 5.41 Å². The number of amidine groups is 1. The van der Waals surface area contributed by atoms with Gasteiger partial charge in [-0.25, -0.2) is 4.98 Å². The molecule has 1 aliphatic heterocycles. The molecule has 1 saturated heterocycles. The van der Waals surface area contributed by atoms with E-state index in [2.05, 4.69) is 28.1 Å². The van der Waals surface area contributed by atoms with Crippen molar-refractivity contribution >= 4 is 46.8 Å². The molecule has 1 saturated carbocycles. The number of benzene rings is 2. The Kier molecular flexibility index (Phi) is 8.70. The molecule has 1 atom stereocenters. The number of carbonyl (C=O) groups is 2. The van der Waals surface area contributed by atoms with Gasteiger partial charge in [-0.05, 0) is 74.7 Å². The van der Waals surface area contributed by atoms with Gasteiger partial charge in [0, 0.05) is 44.0 Å². The van der Waals surface area contributed by atoms with Gasteiger partial charge in [-0.2, -0.15) is 0 Å². The van der Waals surface area contributed by atoms with Crippen LogP contribution in [0, 0.1) is 5.41 Å². The van der Waals surface area contributed by atoms with Crippen molar-refractivity contribution in [2.24, 2.45) is 12.8 Å². The van der Waals surface area contributed by atoms with E-state index in [4.69, 9.17) is 21.2 Å². The lowest BCUT2D eigenvalue weighted by Gasteiger charge is -2.31. The summed E-state index contributed by atoms with van der Waals surface area (Å²) in [5, 5.41) is 19.9. The summed E-state index contributed by atoms with van der Waals surface area (Å²) >= 11 is 0. The molecule has 214 valence electrons. The number of hydrogen-bond acceptors (Lipinski definition) is 6. The SMILES string of the molecule is CN(CCC(=O)O)CC1CCCN1C(=O)C1(c2ccc3c(c2)nc(CNc2ccc(C(=N)N)cc2)n3C)CC1.Cl. The van der Waals surface area contributed by atoms with Gasteiger partial charge in [0.15, 0.2) is 0 Å². The van der Waals surface area contributed by atoms with E-state index in [1.54, 1.807) is 0 Å². The first-order chi connectivity index (χ1) is 18.7. The second-order valence-electron chi connectivity index (χ2n) is 10.9. The third kappa shape index (κ3) is 5.93. The molecule has 2 heterocycles. The average molecular weight is 568 g/mol. The second kappa shape index (κ2) is 11.9. The number of aromatic nitrogens is 2. The maximum atomic E-state index is 13.9. The highest BCUT2D eigenvalue weighted by Gasteiger charge is 2.54.